The van der Waals surface area contributed by atoms with Crippen LogP contribution in [0, 0.1) is 5.82 Å². The number of rotatable bonds is 4. The molecule has 0 bridgehead atoms. The minimum atomic E-state index is -1.26. The van der Waals surface area contributed by atoms with Crippen molar-refractivity contribution in [2.45, 2.75) is 6.61 Å². The maximum atomic E-state index is 12.8. The summed E-state index contributed by atoms with van der Waals surface area (Å²) in [7, 11) is 0. The van der Waals surface area contributed by atoms with Crippen LogP contribution in [0.1, 0.15) is 15.9 Å². The average molecular weight is 319 g/mol. The summed E-state index contributed by atoms with van der Waals surface area (Å²) in [5.74, 6) is -0.945. The quantitative estimate of drug-likeness (QED) is 0.598. The van der Waals surface area contributed by atoms with Crippen LogP contribution in [0.15, 0.2) is 54.7 Å². The SMILES string of the molecule is O=C([O-])c1cnc2cc(OCc3ccc(F)cc3)ccc2c1.[Na+]. The maximum Gasteiger partial charge on any atom is 1.00 e. The molecule has 0 aliphatic heterocycles. The van der Waals surface area contributed by atoms with Gasteiger partial charge in [-0.2, -0.15) is 0 Å². The molecule has 0 aliphatic rings. The minimum absolute atomic E-state index is 0. The number of carbonyl (C=O) groups excluding carboxylic acids is 1. The van der Waals surface area contributed by atoms with E-state index in [1.165, 1.54) is 24.4 Å². The van der Waals surface area contributed by atoms with Crippen molar-refractivity contribution < 1.29 is 48.6 Å². The van der Waals surface area contributed by atoms with Gasteiger partial charge in [0.2, 0.25) is 0 Å². The van der Waals surface area contributed by atoms with E-state index in [2.05, 4.69) is 4.98 Å². The molecule has 3 aromatic rings. The van der Waals surface area contributed by atoms with Gasteiger partial charge in [-0.3, -0.25) is 4.98 Å². The third kappa shape index (κ3) is 4.28. The molecule has 23 heavy (non-hydrogen) atoms. The fourth-order valence-corrected chi connectivity index (χ4v) is 2.05. The minimum Gasteiger partial charge on any atom is -0.545 e. The summed E-state index contributed by atoms with van der Waals surface area (Å²) in [6.45, 7) is 0.308. The van der Waals surface area contributed by atoms with Gasteiger partial charge in [0.15, 0.2) is 0 Å². The predicted octanol–water partition coefficient (Wildman–Crippen LogP) is -0.680. The van der Waals surface area contributed by atoms with Crippen molar-refractivity contribution in [2.24, 2.45) is 0 Å². The first kappa shape index (κ1) is 17.4. The molecule has 0 aliphatic carbocycles. The second-order valence-electron chi connectivity index (χ2n) is 4.78. The standard InChI is InChI=1S/C17H12FNO3.Na/c18-14-4-1-11(2-5-14)10-22-15-6-3-12-7-13(17(20)21)9-19-16(12)8-15;/h1-9H,10H2,(H,20,21);/q;+1/p-1. The Morgan fingerprint density at radius 1 is 1.13 bits per heavy atom. The molecule has 0 fully saturated rings. The first-order valence-electron chi connectivity index (χ1n) is 6.60. The van der Waals surface area contributed by atoms with Gasteiger partial charge in [0, 0.05) is 23.2 Å². The van der Waals surface area contributed by atoms with Gasteiger partial charge >= 0.3 is 29.6 Å². The zero-order valence-electron chi connectivity index (χ0n) is 12.5. The smallest absolute Gasteiger partial charge is 0.545 e. The number of carbonyl (C=O) groups is 1. The van der Waals surface area contributed by atoms with Crippen LogP contribution < -0.4 is 39.4 Å². The van der Waals surface area contributed by atoms with Gasteiger partial charge in [-0.25, -0.2) is 4.39 Å². The Morgan fingerprint density at radius 2 is 1.87 bits per heavy atom. The molecular weight excluding hydrogens is 308 g/mol. The molecule has 0 N–H and O–H groups in total. The normalized spacial score (nSPS) is 10.1. The number of pyridine rings is 1. The summed E-state index contributed by atoms with van der Waals surface area (Å²) in [4.78, 5) is 14.9. The molecule has 110 valence electrons. The summed E-state index contributed by atoms with van der Waals surface area (Å²) < 4.78 is 18.4. The van der Waals surface area contributed by atoms with E-state index in [4.69, 9.17) is 4.74 Å². The van der Waals surface area contributed by atoms with Crippen molar-refractivity contribution in [1.82, 2.24) is 4.98 Å². The van der Waals surface area contributed by atoms with Gasteiger partial charge in [0.05, 0.1) is 11.5 Å². The van der Waals surface area contributed by atoms with Crippen LogP contribution in [0.25, 0.3) is 10.9 Å². The van der Waals surface area contributed by atoms with Gasteiger partial charge in [-0.15, -0.1) is 0 Å². The van der Waals surface area contributed by atoms with E-state index >= 15 is 0 Å². The van der Waals surface area contributed by atoms with Crippen molar-refractivity contribution in [3.05, 3.63) is 71.7 Å². The molecule has 0 spiro atoms. The number of aromatic carboxylic acids is 1. The Morgan fingerprint density at radius 3 is 2.57 bits per heavy atom. The fraction of sp³-hybridized carbons (Fsp3) is 0.0588. The third-order valence-electron chi connectivity index (χ3n) is 3.21. The molecule has 0 amide bonds. The summed E-state index contributed by atoms with van der Waals surface area (Å²) in [6, 6.07) is 12.7. The number of halogens is 1. The first-order valence-corrected chi connectivity index (χ1v) is 6.60. The first-order chi connectivity index (χ1) is 10.6. The maximum absolute atomic E-state index is 12.8. The van der Waals surface area contributed by atoms with Crippen molar-refractivity contribution in [3.63, 3.8) is 0 Å². The fourth-order valence-electron chi connectivity index (χ4n) is 2.05. The van der Waals surface area contributed by atoms with E-state index in [9.17, 15) is 14.3 Å². The predicted molar refractivity (Wildman–Crippen MR) is 76.8 cm³/mol. The van der Waals surface area contributed by atoms with Crippen LogP contribution in [-0.4, -0.2) is 11.0 Å². The zero-order valence-corrected chi connectivity index (χ0v) is 14.5. The Labute approximate surface area is 154 Å². The number of fused-ring (bicyclic) bond motifs is 1. The van der Waals surface area contributed by atoms with Gasteiger partial charge in [-0.05, 0) is 35.9 Å². The number of hydrogen-bond donors (Lipinski definition) is 0. The molecule has 0 unspecified atom stereocenters. The van der Waals surface area contributed by atoms with Crippen LogP contribution in [0.3, 0.4) is 0 Å². The Kier molecular flexibility index (Phi) is 5.71. The topological polar surface area (TPSA) is 62.2 Å². The molecule has 0 atom stereocenters. The molecule has 0 radical (unpaired) electrons. The number of nitrogens with zero attached hydrogens (tertiary/aromatic N) is 1. The monoisotopic (exact) mass is 319 g/mol. The number of hydrogen-bond acceptors (Lipinski definition) is 4. The molecule has 0 saturated heterocycles. The molecule has 0 saturated carbocycles. The molecule has 6 heteroatoms. The summed E-state index contributed by atoms with van der Waals surface area (Å²) in [5.41, 5.74) is 1.51. The number of carboxylic acid groups (broad SMARTS) is 1. The Balaban J connectivity index is 0.00000192. The molecular formula is C17H11FNNaO3. The molecule has 2 aromatic carbocycles. The van der Waals surface area contributed by atoms with Crippen molar-refractivity contribution in [2.75, 3.05) is 0 Å². The summed E-state index contributed by atoms with van der Waals surface area (Å²) in [5, 5.41) is 11.5. The average Bonchev–Trinajstić information content (AvgIpc) is 2.53. The second kappa shape index (κ2) is 7.55. The van der Waals surface area contributed by atoms with E-state index < -0.39 is 5.97 Å². The van der Waals surface area contributed by atoms with Crippen LogP contribution in [-0.2, 0) is 6.61 Å². The molecule has 1 heterocycles. The van der Waals surface area contributed by atoms with E-state index in [0.717, 1.165) is 5.56 Å². The van der Waals surface area contributed by atoms with Gasteiger partial charge < -0.3 is 14.6 Å². The van der Waals surface area contributed by atoms with Gasteiger partial charge in [-0.1, -0.05) is 12.1 Å². The second-order valence-corrected chi connectivity index (χ2v) is 4.78. The summed E-state index contributed by atoms with van der Waals surface area (Å²) >= 11 is 0. The van der Waals surface area contributed by atoms with E-state index in [1.807, 2.05) is 0 Å². The molecule has 1 aromatic heterocycles. The largest absolute Gasteiger partial charge is 1.00 e. The number of benzene rings is 2. The van der Waals surface area contributed by atoms with Crippen LogP contribution >= 0.6 is 0 Å². The number of carboxylic acids is 1. The van der Waals surface area contributed by atoms with Crippen LogP contribution in [0.2, 0.25) is 0 Å². The van der Waals surface area contributed by atoms with Gasteiger partial charge in [0.1, 0.15) is 18.2 Å². The Bertz CT molecular complexity index is 837. The van der Waals surface area contributed by atoms with Crippen molar-refractivity contribution in [1.29, 1.82) is 0 Å². The Hall–Kier alpha value is -1.95. The van der Waals surface area contributed by atoms with E-state index in [0.29, 0.717) is 23.3 Å². The van der Waals surface area contributed by atoms with Crippen molar-refractivity contribution in [3.8, 4) is 5.75 Å². The molecule has 3 rings (SSSR count). The van der Waals surface area contributed by atoms with Crippen LogP contribution in [0.4, 0.5) is 4.39 Å². The third-order valence-corrected chi connectivity index (χ3v) is 3.21. The number of aromatic nitrogens is 1. The van der Waals surface area contributed by atoms with E-state index in [-0.39, 0.29) is 40.9 Å². The van der Waals surface area contributed by atoms with E-state index in [1.54, 1.807) is 30.3 Å². The zero-order chi connectivity index (χ0) is 15.5. The number of ether oxygens (including phenoxy) is 1. The van der Waals surface area contributed by atoms with Crippen molar-refractivity contribution >= 4 is 16.9 Å². The van der Waals surface area contributed by atoms with Gasteiger partial charge in [0.25, 0.3) is 0 Å². The summed E-state index contributed by atoms with van der Waals surface area (Å²) in [6.07, 6.45) is 1.25. The van der Waals surface area contributed by atoms with Crippen LogP contribution in [0.5, 0.6) is 5.75 Å². The molecule has 4 nitrogen and oxygen atoms in total.